The van der Waals surface area contributed by atoms with Gasteiger partial charge in [-0.3, -0.25) is 0 Å². The Morgan fingerprint density at radius 1 is 1.46 bits per heavy atom. The van der Waals surface area contributed by atoms with Crippen molar-refractivity contribution in [1.29, 1.82) is 0 Å². The van der Waals surface area contributed by atoms with Crippen LogP contribution in [0, 0.1) is 11.6 Å². The summed E-state index contributed by atoms with van der Waals surface area (Å²) in [6, 6.07) is 2.77. The number of hydrogen-bond acceptors (Lipinski definition) is 4. The van der Waals surface area contributed by atoms with Crippen LogP contribution in [0.1, 0.15) is 17.5 Å². The van der Waals surface area contributed by atoms with E-state index in [0.717, 1.165) is 18.2 Å². The van der Waals surface area contributed by atoms with Crippen LogP contribution in [-0.2, 0) is 18.3 Å². The Kier molecular flexibility index (Phi) is 4.70. The highest BCUT2D eigenvalue weighted by molar-refractivity contribution is 5.74. The Balaban J connectivity index is 1.60. The summed E-state index contributed by atoms with van der Waals surface area (Å²) in [4.78, 5) is 13.8. The van der Waals surface area contributed by atoms with E-state index in [1.165, 1.54) is 0 Å². The zero-order valence-electron chi connectivity index (χ0n) is 13.1. The van der Waals surface area contributed by atoms with Gasteiger partial charge < -0.3 is 19.5 Å². The summed E-state index contributed by atoms with van der Waals surface area (Å²) in [6.45, 7) is 0.990. The number of nitrogens with one attached hydrogen (secondary N) is 1. The van der Waals surface area contributed by atoms with E-state index in [9.17, 15) is 13.6 Å². The van der Waals surface area contributed by atoms with Gasteiger partial charge in [0.25, 0.3) is 0 Å². The first kappa shape index (κ1) is 16.3. The molecule has 1 unspecified atom stereocenters. The van der Waals surface area contributed by atoms with E-state index in [2.05, 4.69) is 15.5 Å². The zero-order chi connectivity index (χ0) is 17.1. The lowest BCUT2D eigenvalue weighted by molar-refractivity contribution is -0.0214. The van der Waals surface area contributed by atoms with Gasteiger partial charge in [-0.15, -0.1) is 10.2 Å². The molecule has 1 fully saturated rings. The summed E-state index contributed by atoms with van der Waals surface area (Å²) in [5.74, 6) is -0.478. The van der Waals surface area contributed by atoms with Gasteiger partial charge in [-0.1, -0.05) is 0 Å². The third kappa shape index (κ3) is 3.51. The number of carbonyl (C=O) groups excluding carboxylic acids is 1. The van der Waals surface area contributed by atoms with E-state index < -0.39 is 11.6 Å². The van der Waals surface area contributed by atoms with E-state index in [1.807, 2.05) is 0 Å². The maximum Gasteiger partial charge on any atom is 0.317 e. The quantitative estimate of drug-likeness (QED) is 0.918. The van der Waals surface area contributed by atoms with Crippen molar-refractivity contribution in [3.8, 4) is 0 Å². The van der Waals surface area contributed by atoms with Crippen molar-refractivity contribution in [3.05, 3.63) is 47.5 Å². The highest BCUT2D eigenvalue weighted by Crippen LogP contribution is 2.20. The number of nitrogens with zero attached hydrogens (tertiary/aromatic N) is 4. The van der Waals surface area contributed by atoms with Gasteiger partial charge in [-0.05, 0) is 18.2 Å². The summed E-state index contributed by atoms with van der Waals surface area (Å²) in [5.41, 5.74) is 0.0986. The van der Waals surface area contributed by atoms with Crippen molar-refractivity contribution in [2.24, 2.45) is 7.05 Å². The molecule has 0 radical (unpaired) electrons. The number of rotatable bonds is 3. The fourth-order valence-corrected chi connectivity index (χ4v) is 2.54. The number of ether oxygens (including phenoxy) is 1. The molecule has 1 aliphatic heterocycles. The van der Waals surface area contributed by atoms with E-state index in [0.29, 0.717) is 25.5 Å². The molecule has 2 heterocycles. The second-order valence-corrected chi connectivity index (χ2v) is 5.50. The van der Waals surface area contributed by atoms with Crippen molar-refractivity contribution in [2.75, 3.05) is 19.7 Å². The number of aryl methyl sites for hydroxylation is 1. The molecule has 0 saturated carbocycles. The van der Waals surface area contributed by atoms with Crippen molar-refractivity contribution >= 4 is 6.03 Å². The van der Waals surface area contributed by atoms with Crippen LogP contribution < -0.4 is 5.32 Å². The summed E-state index contributed by atoms with van der Waals surface area (Å²) >= 11 is 0. The normalized spacial score (nSPS) is 17.8. The standard InChI is InChI=1S/C15H17F2N5O2/c1-21-9-19-20-14(21)13-8-22(4-5-24-13)15(23)18-7-10-6-11(16)2-3-12(10)17/h2-3,6,9,13H,4-5,7-8H2,1H3,(H,18,23). The summed E-state index contributed by atoms with van der Waals surface area (Å²) < 4.78 is 34.1. The molecule has 0 spiro atoms. The fraction of sp³-hybridized carbons (Fsp3) is 0.400. The summed E-state index contributed by atoms with van der Waals surface area (Å²) in [7, 11) is 1.80. The van der Waals surface area contributed by atoms with Gasteiger partial charge in [0.2, 0.25) is 0 Å². The molecular formula is C15H17F2N5O2. The number of hydrogen-bond donors (Lipinski definition) is 1. The minimum atomic E-state index is -0.560. The van der Waals surface area contributed by atoms with Gasteiger partial charge in [-0.25, -0.2) is 13.6 Å². The molecule has 3 rings (SSSR count). The molecule has 9 heteroatoms. The highest BCUT2D eigenvalue weighted by atomic mass is 19.1. The van der Waals surface area contributed by atoms with Gasteiger partial charge in [0.15, 0.2) is 5.82 Å². The Hall–Kier alpha value is -2.55. The molecule has 24 heavy (non-hydrogen) atoms. The lowest BCUT2D eigenvalue weighted by atomic mass is 10.2. The minimum Gasteiger partial charge on any atom is -0.366 e. The second kappa shape index (κ2) is 6.91. The number of urea groups is 1. The Labute approximate surface area is 137 Å². The number of halogens is 2. The highest BCUT2D eigenvalue weighted by Gasteiger charge is 2.28. The average Bonchev–Trinajstić information content (AvgIpc) is 3.01. The van der Waals surface area contributed by atoms with Gasteiger partial charge in [0.05, 0.1) is 13.2 Å². The van der Waals surface area contributed by atoms with Gasteiger partial charge in [0, 0.05) is 25.7 Å². The van der Waals surface area contributed by atoms with Gasteiger partial charge in [0.1, 0.15) is 24.1 Å². The molecule has 1 saturated heterocycles. The predicted molar refractivity (Wildman–Crippen MR) is 79.9 cm³/mol. The van der Waals surface area contributed by atoms with Crippen LogP contribution in [0.25, 0.3) is 0 Å². The van der Waals surface area contributed by atoms with E-state index in [1.54, 1.807) is 22.8 Å². The molecule has 1 aromatic carbocycles. The summed E-state index contributed by atoms with van der Waals surface area (Å²) in [5, 5.41) is 10.4. The zero-order valence-corrected chi connectivity index (χ0v) is 13.1. The SMILES string of the molecule is Cn1cnnc1C1CN(C(=O)NCc2cc(F)ccc2F)CCO1. The first-order chi connectivity index (χ1) is 11.5. The van der Waals surface area contributed by atoms with Crippen LogP contribution in [0.15, 0.2) is 24.5 Å². The third-order valence-corrected chi connectivity index (χ3v) is 3.83. The number of aromatic nitrogens is 3. The van der Waals surface area contributed by atoms with Crippen LogP contribution in [-0.4, -0.2) is 45.4 Å². The average molecular weight is 337 g/mol. The molecule has 1 atom stereocenters. The number of morpholine rings is 1. The first-order valence-electron chi connectivity index (χ1n) is 7.47. The van der Waals surface area contributed by atoms with Crippen molar-refractivity contribution in [3.63, 3.8) is 0 Å². The molecule has 7 nitrogen and oxygen atoms in total. The van der Waals surface area contributed by atoms with Crippen LogP contribution in [0.3, 0.4) is 0 Å². The van der Waals surface area contributed by atoms with Crippen LogP contribution in [0.4, 0.5) is 13.6 Å². The van der Waals surface area contributed by atoms with Crippen molar-refractivity contribution in [2.45, 2.75) is 12.6 Å². The van der Waals surface area contributed by atoms with E-state index >= 15 is 0 Å². The second-order valence-electron chi connectivity index (χ2n) is 5.50. The largest absolute Gasteiger partial charge is 0.366 e. The van der Waals surface area contributed by atoms with Crippen LogP contribution in [0.2, 0.25) is 0 Å². The van der Waals surface area contributed by atoms with Crippen LogP contribution in [0.5, 0.6) is 0 Å². The van der Waals surface area contributed by atoms with Crippen molar-refractivity contribution in [1.82, 2.24) is 25.0 Å². The molecule has 128 valence electrons. The monoisotopic (exact) mass is 337 g/mol. The molecule has 1 aliphatic rings. The van der Waals surface area contributed by atoms with E-state index in [-0.39, 0.29) is 24.2 Å². The maximum absolute atomic E-state index is 13.6. The van der Waals surface area contributed by atoms with Gasteiger partial charge >= 0.3 is 6.03 Å². The molecule has 0 aliphatic carbocycles. The molecule has 2 amide bonds. The summed E-state index contributed by atoms with van der Waals surface area (Å²) in [6.07, 6.45) is 1.19. The maximum atomic E-state index is 13.6. The first-order valence-corrected chi connectivity index (χ1v) is 7.47. The lowest BCUT2D eigenvalue weighted by Crippen LogP contribution is -2.47. The minimum absolute atomic E-state index is 0.0889. The topological polar surface area (TPSA) is 72.3 Å². The number of carbonyl (C=O) groups is 1. The van der Waals surface area contributed by atoms with Crippen LogP contribution >= 0.6 is 0 Å². The Bertz CT molecular complexity index is 736. The molecule has 0 bridgehead atoms. The van der Waals surface area contributed by atoms with E-state index in [4.69, 9.17) is 4.74 Å². The Morgan fingerprint density at radius 3 is 3.04 bits per heavy atom. The molecular weight excluding hydrogens is 320 g/mol. The molecule has 1 aromatic heterocycles. The number of benzene rings is 1. The molecule has 1 N–H and O–H groups in total. The predicted octanol–water partition coefficient (Wildman–Crippen LogP) is 1.38. The third-order valence-electron chi connectivity index (χ3n) is 3.83. The van der Waals surface area contributed by atoms with Gasteiger partial charge in [-0.2, -0.15) is 0 Å². The smallest absolute Gasteiger partial charge is 0.317 e. The Morgan fingerprint density at radius 2 is 2.29 bits per heavy atom. The van der Waals surface area contributed by atoms with Crippen molar-refractivity contribution < 1.29 is 18.3 Å². The fourth-order valence-electron chi connectivity index (χ4n) is 2.54. The number of amides is 2. The lowest BCUT2D eigenvalue weighted by Gasteiger charge is -2.32. The molecule has 2 aromatic rings.